The van der Waals surface area contributed by atoms with Crippen LogP contribution in [0.2, 0.25) is 0 Å². The number of hydrogen-bond acceptors (Lipinski definition) is 1. The van der Waals surface area contributed by atoms with Gasteiger partial charge in [0.2, 0.25) is 0 Å². The molecule has 0 aliphatic heterocycles. The fraction of sp³-hybridized carbons (Fsp3) is 0.556. The van der Waals surface area contributed by atoms with Crippen LogP contribution in [-0.2, 0) is 0 Å². The molecule has 1 rings (SSSR count). The van der Waals surface area contributed by atoms with Gasteiger partial charge in [0.1, 0.15) is 0 Å². The predicted molar refractivity (Wildman–Crippen MR) is 88.6 cm³/mol. The second kappa shape index (κ2) is 9.98. The summed E-state index contributed by atoms with van der Waals surface area (Å²) >= 11 is 1.77. The zero-order chi connectivity index (χ0) is 13.9. The molecule has 0 aliphatic carbocycles. The highest BCUT2D eigenvalue weighted by molar-refractivity contribution is 8.03. The molecule has 0 heterocycles. The van der Waals surface area contributed by atoms with Gasteiger partial charge in [0.15, 0.2) is 0 Å². The smallest absolute Gasteiger partial charge is 0.0312 e. The Labute approximate surface area is 123 Å². The molecule has 0 aliphatic rings. The molecule has 0 radical (unpaired) electrons. The molecule has 0 aromatic heterocycles. The lowest BCUT2D eigenvalue weighted by Crippen LogP contribution is -1.86. The molecule has 1 heteroatoms. The largest absolute Gasteiger partial charge is 0.0747 e. The van der Waals surface area contributed by atoms with Gasteiger partial charge in [-0.25, -0.2) is 0 Å². The highest BCUT2D eigenvalue weighted by Crippen LogP contribution is 2.13. The molecule has 0 atom stereocenters. The van der Waals surface area contributed by atoms with Crippen molar-refractivity contribution in [2.45, 2.75) is 59.3 Å². The van der Waals surface area contributed by atoms with Gasteiger partial charge in [0.05, 0.1) is 0 Å². The van der Waals surface area contributed by atoms with Crippen molar-refractivity contribution < 1.29 is 0 Å². The van der Waals surface area contributed by atoms with Crippen LogP contribution < -0.4 is 0 Å². The fourth-order valence-corrected chi connectivity index (χ4v) is 2.73. The first-order valence-electron chi connectivity index (χ1n) is 7.44. The first kappa shape index (κ1) is 16.2. The molecule has 0 N–H and O–H groups in total. The Balaban J connectivity index is 2.21. The highest BCUT2D eigenvalue weighted by atomic mass is 32.2. The van der Waals surface area contributed by atoms with Gasteiger partial charge in [0.25, 0.3) is 0 Å². The molecule has 104 valence electrons. The van der Waals surface area contributed by atoms with E-state index in [-0.39, 0.29) is 0 Å². The average Bonchev–Trinajstić information content (AvgIpc) is 2.40. The van der Waals surface area contributed by atoms with Crippen molar-refractivity contribution in [1.29, 1.82) is 0 Å². The zero-order valence-corrected chi connectivity index (χ0v) is 13.4. The van der Waals surface area contributed by atoms with Gasteiger partial charge in [-0.15, -0.1) is 0 Å². The van der Waals surface area contributed by atoms with Gasteiger partial charge in [-0.2, -0.15) is 0 Å². The van der Waals surface area contributed by atoms with Crippen LogP contribution in [0, 0.1) is 25.0 Å². The molecule has 0 nitrogen and oxygen atoms in total. The summed E-state index contributed by atoms with van der Waals surface area (Å²) < 4.78 is 0. The normalized spacial score (nSPS) is 10.1. The maximum absolute atomic E-state index is 3.31. The van der Waals surface area contributed by atoms with E-state index in [9.17, 15) is 0 Å². The molecule has 19 heavy (non-hydrogen) atoms. The van der Waals surface area contributed by atoms with Gasteiger partial charge in [0, 0.05) is 11.3 Å². The summed E-state index contributed by atoms with van der Waals surface area (Å²) in [7, 11) is 0. The van der Waals surface area contributed by atoms with Crippen molar-refractivity contribution in [2.75, 3.05) is 5.75 Å². The summed E-state index contributed by atoms with van der Waals surface area (Å²) in [6.07, 6.45) is 8.16. The zero-order valence-electron chi connectivity index (χ0n) is 12.6. The summed E-state index contributed by atoms with van der Waals surface area (Å²) in [5.41, 5.74) is 3.78. The van der Waals surface area contributed by atoms with Crippen molar-refractivity contribution in [3.05, 3.63) is 34.9 Å². The van der Waals surface area contributed by atoms with E-state index in [2.05, 4.69) is 50.1 Å². The molecular formula is C18H26S. The van der Waals surface area contributed by atoms with E-state index < -0.39 is 0 Å². The van der Waals surface area contributed by atoms with Crippen molar-refractivity contribution in [2.24, 2.45) is 0 Å². The topological polar surface area (TPSA) is 0 Å². The maximum Gasteiger partial charge on any atom is 0.0312 e. The third kappa shape index (κ3) is 6.73. The molecule has 0 bridgehead atoms. The third-order valence-electron chi connectivity index (χ3n) is 3.33. The summed E-state index contributed by atoms with van der Waals surface area (Å²) in [6.45, 7) is 6.53. The van der Waals surface area contributed by atoms with E-state index in [0.717, 1.165) is 0 Å². The molecule has 1 aromatic rings. The van der Waals surface area contributed by atoms with Gasteiger partial charge in [-0.05, 0) is 36.6 Å². The molecule has 0 saturated carbocycles. The standard InChI is InChI=1S/C18H26S/c1-4-5-6-7-8-9-14-19-15-13-18-16(2)11-10-12-17(18)3/h10-12H,4-9,14H2,1-3H3. The van der Waals surface area contributed by atoms with Gasteiger partial charge in [-0.1, -0.05) is 74.9 Å². The Kier molecular flexibility index (Phi) is 8.50. The SMILES string of the molecule is CCCCCCCCSC#Cc1c(C)cccc1C. The van der Waals surface area contributed by atoms with Crippen LogP contribution in [0.3, 0.4) is 0 Å². The molecule has 0 fully saturated rings. The van der Waals surface area contributed by atoms with E-state index in [4.69, 9.17) is 0 Å². The lowest BCUT2D eigenvalue weighted by Gasteiger charge is -2.01. The van der Waals surface area contributed by atoms with Crippen LogP contribution >= 0.6 is 11.8 Å². The van der Waals surface area contributed by atoms with Crippen LogP contribution in [0.5, 0.6) is 0 Å². The average molecular weight is 274 g/mol. The van der Waals surface area contributed by atoms with Crippen LogP contribution in [0.4, 0.5) is 0 Å². The van der Waals surface area contributed by atoms with E-state index in [1.807, 2.05) is 0 Å². The van der Waals surface area contributed by atoms with Crippen molar-refractivity contribution >= 4 is 11.8 Å². The Bertz CT molecular complexity index is 403. The minimum Gasteiger partial charge on any atom is -0.0747 e. The van der Waals surface area contributed by atoms with Gasteiger partial charge in [-0.3, -0.25) is 0 Å². The second-order valence-corrected chi connectivity index (χ2v) is 6.01. The van der Waals surface area contributed by atoms with Crippen molar-refractivity contribution in [3.63, 3.8) is 0 Å². The quantitative estimate of drug-likeness (QED) is 0.453. The third-order valence-corrected chi connectivity index (χ3v) is 4.07. The maximum atomic E-state index is 3.31. The van der Waals surface area contributed by atoms with Crippen molar-refractivity contribution in [1.82, 2.24) is 0 Å². The lowest BCUT2D eigenvalue weighted by molar-refractivity contribution is 0.627. The van der Waals surface area contributed by atoms with E-state index in [0.29, 0.717) is 0 Å². The van der Waals surface area contributed by atoms with E-state index >= 15 is 0 Å². The Hall–Kier alpha value is -0.870. The number of unbranched alkanes of at least 4 members (excludes halogenated alkanes) is 5. The molecular weight excluding hydrogens is 248 g/mol. The molecule has 0 unspecified atom stereocenters. The number of rotatable bonds is 7. The Morgan fingerprint density at radius 3 is 2.26 bits per heavy atom. The fourth-order valence-electron chi connectivity index (χ4n) is 2.10. The summed E-state index contributed by atoms with van der Waals surface area (Å²) in [5, 5.41) is 3.25. The minimum atomic E-state index is 1.17. The Morgan fingerprint density at radius 2 is 1.58 bits per heavy atom. The van der Waals surface area contributed by atoms with Gasteiger partial charge < -0.3 is 0 Å². The Morgan fingerprint density at radius 1 is 0.947 bits per heavy atom. The van der Waals surface area contributed by atoms with E-state index in [1.54, 1.807) is 11.8 Å². The lowest BCUT2D eigenvalue weighted by atomic mass is 10.0. The predicted octanol–water partition coefficient (Wildman–Crippen LogP) is 5.71. The summed E-state index contributed by atoms with van der Waals surface area (Å²) in [4.78, 5) is 0. The summed E-state index contributed by atoms with van der Waals surface area (Å²) in [6, 6.07) is 6.37. The van der Waals surface area contributed by atoms with Crippen molar-refractivity contribution in [3.8, 4) is 11.2 Å². The molecule has 0 spiro atoms. The van der Waals surface area contributed by atoms with Crippen LogP contribution in [0.1, 0.15) is 62.1 Å². The molecule has 1 aromatic carbocycles. The molecule has 0 saturated heterocycles. The number of aryl methyl sites for hydroxylation is 2. The second-order valence-electron chi connectivity index (χ2n) is 5.11. The number of hydrogen-bond donors (Lipinski definition) is 0. The number of benzene rings is 1. The van der Waals surface area contributed by atoms with Gasteiger partial charge >= 0.3 is 0 Å². The highest BCUT2D eigenvalue weighted by Gasteiger charge is 1.97. The molecule has 0 amide bonds. The monoisotopic (exact) mass is 274 g/mol. The van der Waals surface area contributed by atoms with Crippen LogP contribution in [0.25, 0.3) is 0 Å². The van der Waals surface area contributed by atoms with Crippen LogP contribution in [0.15, 0.2) is 18.2 Å². The minimum absolute atomic E-state index is 1.17. The van der Waals surface area contributed by atoms with E-state index in [1.165, 1.54) is 61.0 Å². The number of thioether (sulfide) groups is 1. The van der Waals surface area contributed by atoms with Crippen LogP contribution in [-0.4, -0.2) is 5.75 Å². The first-order valence-corrected chi connectivity index (χ1v) is 8.43. The first-order chi connectivity index (χ1) is 9.25. The summed E-state index contributed by atoms with van der Waals surface area (Å²) in [5.74, 6) is 4.48.